The van der Waals surface area contributed by atoms with Crippen molar-refractivity contribution in [3.63, 3.8) is 0 Å². The van der Waals surface area contributed by atoms with E-state index in [0.717, 1.165) is 32.2 Å². The summed E-state index contributed by atoms with van der Waals surface area (Å²) in [5.74, 6) is -0.110. The summed E-state index contributed by atoms with van der Waals surface area (Å²) in [6, 6.07) is -0.0898. The summed E-state index contributed by atoms with van der Waals surface area (Å²) in [5.41, 5.74) is -0.379. The van der Waals surface area contributed by atoms with E-state index >= 15 is 0 Å². The molecule has 1 heterocycles. The van der Waals surface area contributed by atoms with E-state index in [1.807, 2.05) is 19.9 Å². The number of esters is 1. The molecule has 0 amide bonds. The van der Waals surface area contributed by atoms with Crippen LogP contribution < -0.4 is 5.32 Å². The van der Waals surface area contributed by atoms with E-state index < -0.39 is 0 Å². The van der Waals surface area contributed by atoms with Gasteiger partial charge in [-0.05, 0) is 46.1 Å². The van der Waals surface area contributed by atoms with Crippen LogP contribution in [0.4, 0.5) is 0 Å². The number of allylic oxidation sites excluding steroid dienone is 1. The molecule has 0 aliphatic carbocycles. The molecule has 0 aromatic heterocycles. The first-order chi connectivity index (χ1) is 7.05. The van der Waals surface area contributed by atoms with Gasteiger partial charge in [0.1, 0.15) is 11.6 Å². The van der Waals surface area contributed by atoms with Gasteiger partial charge in [-0.25, -0.2) is 0 Å². The molecule has 0 aromatic rings. The summed E-state index contributed by atoms with van der Waals surface area (Å²) < 4.78 is 5.47. The first-order valence-electron chi connectivity index (χ1n) is 5.62. The zero-order chi connectivity index (χ0) is 11.3. The van der Waals surface area contributed by atoms with Crippen LogP contribution in [0, 0.1) is 0 Å². The Balaban J connectivity index is 2.37. The van der Waals surface area contributed by atoms with Crippen molar-refractivity contribution in [2.45, 2.75) is 51.2 Å². The van der Waals surface area contributed by atoms with Gasteiger partial charge in [0.2, 0.25) is 0 Å². The molecule has 0 saturated carbocycles. The van der Waals surface area contributed by atoms with E-state index in [4.69, 9.17) is 4.74 Å². The Bertz CT molecular complexity index is 230. The SMILES string of the molecule is C=CCCC(C)(C)OC(=O)C1CCCN1. The summed E-state index contributed by atoms with van der Waals surface area (Å²) in [7, 11) is 0. The monoisotopic (exact) mass is 211 g/mol. The molecule has 0 radical (unpaired) electrons. The van der Waals surface area contributed by atoms with Gasteiger partial charge in [0.25, 0.3) is 0 Å². The van der Waals surface area contributed by atoms with Gasteiger partial charge < -0.3 is 10.1 Å². The van der Waals surface area contributed by atoms with Crippen LogP contribution in [0.1, 0.15) is 39.5 Å². The van der Waals surface area contributed by atoms with Crippen molar-refractivity contribution in [2.24, 2.45) is 0 Å². The Labute approximate surface area is 91.9 Å². The van der Waals surface area contributed by atoms with E-state index in [9.17, 15) is 4.79 Å². The molecule has 1 unspecified atom stereocenters. The fraction of sp³-hybridized carbons (Fsp3) is 0.750. The van der Waals surface area contributed by atoms with Crippen LogP contribution in [0.3, 0.4) is 0 Å². The van der Waals surface area contributed by atoms with E-state index in [2.05, 4.69) is 11.9 Å². The average Bonchev–Trinajstić information content (AvgIpc) is 2.67. The zero-order valence-corrected chi connectivity index (χ0v) is 9.71. The van der Waals surface area contributed by atoms with Gasteiger partial charge in [-0.1, -0.05) is 6.08 Å². The summed E-state index contributed by atoms with van der Waals surface area (Å²) in [4.78, 5) is 11.7. The number of hydrogen-bond acceptors (Lipinski definition) is 3. The largest absolute Gasteiger partial charge is 0.458 e. The van der Waals surface area contributed by atoms with E-state index in [0.29, 0.717) is 0 Å². The van der Waals surface area contributed by atoms with Crippen LogP contribution in [0.5, 0.6) is 0 Å². The number of carbonyl (C=O) groups excluding carboxylic acids is 1. The van der Waals surface area contributed by atoms with Crippen molar-refractivity contribution >= 4 is 5.97 Å². The second-order valence-electron chi connectivity index (χ2n) is 4.66. The van der Waals surface area contributed by atoms with Crippen LogP contribution in [-0.2, 0) is 9.53 Å². The highest BCUT2D eigenvalue weighted by molar-refractivity contribution is 5.76. The molecule has 3 heteroatoms. The summed E-state index contributed by atoms with van der Waals surface area (Å²) in [5, 5.41) is 3.14. The molecule has 1 aliphatic rings. The molecule has 1 N–H and O–H groups in total. The van der Waals surface area contributed by atoms with Crippen LogP contribution in [0.2, 0.25) is 0 Å². The van der Waals surface area contributed by atoms with Crippen molar-refractivity contribution in [1.29, 1.82) is 0 Å². The van der Waals surface area contributed by atoms with Gasteiger partial charge in [-0.15, -0.1) is 6.58 Å². The lowest BCUT2D eigenvalue weighted by molar-refractivity contribution is -0.159. The van der Waals surface area contributed by atoms with Gasteiger partial charge in [0.15, 0.2) is 0 Å². The molecular weight excluding hydrogens is 190 g/mol. The maximum atomic E-state index is 11.7. The molecule has 0 spiro atoms. The first-order valence-corrected chi connectivity index (χ1v) is 5.62. The number of nitrogens with one attached hydrogen (secondary N) is 1. The molecule has 0 bridgehead atoms. The maximum absolute atomic E-state index is 11.7. The van der Waals surface area contributed by atoms with Gasteiger partial charge in [0.05, 0.1) is 0 Å². The molecule has 1 aliphatic heterocycles. The smallest absolute Gasteiger partial charge is 0.323 e. The van der Waals surface area contributed by atoms with E-state index in [1.54, 1.807) is 0 Å². The Morgan fingerprint density at radius 2 is 2.40 bits per heavy atom. The molecule has 1 atom stereocenters. The minimum Gasteiger partial charge on any atom is -0.458 e. The molecule has 1 fully saturated rings. The summed E-state index contributed by atoms with van der Waals surface area (Å²) >= 11 is 0. The predicted octanol–water partition coefficient (Wildman–Crippen LogP) is 2.03. The Morgan fingerprint density at radius 1 is 1.67 bits per heavy atom. The fourth-order valence-corrected chi connectivity index (χ4v) is 1.73. The lowest BCUT2D eigenvalue weighted by atomic mass is 10.0. The van der Waals surface area contributed by atoms with Crippen molar-refractivity contribution < 1.29 is 9.53 Å². The van der Waals surface area contributed by atoms with Gasteiger partial charge in [-0.2, -0.15) is 0 Å². The summed E-state index contributed by atoms with van der Waals surface area (Å²) in [6.07, 6.45) is 5.51. The van der Waals surface area contributed by atoms with Crippen LogP contribution >= 0.6 is 0 Å². The third-order valence-corrected chi connectivity index (χ3v) is 2.67. The Morgan fingerprint density at radius 3 is 2.93 bits per heavy atom. The first kappa shape index (κ1) is 12.2. The molecular formula is C12H21NO2. The molecule has 1 rings (SSSR count). The average molecular weight is 211 g/mol. The normalized spacial score (nSPS) is 21.3. The molecule has 3 nitrogen and oxygen atoms in total. The highest BCUT2D eigenvalue weighted by Gasteiger charge is 2.29. The lowest BCUT2D eigenvalue weighted by Crippen LogP contribution is -2.38. The third-order valence-electron chi connectivity index (χ3n) is 2.67. The minimum atomic E-state index is -0.379. The maximum Gasteiger partial charge on any atom is 0.323 e. The standard InChI is InChI=1S/C12H21NO2/c1-4-5-8-12(2,3)15-11(14)10-7-6-9-13-10/h4,10,13H,1,5-9H2,2-3H3. The molecule has 86 valence electrons. The second kappa shape index (κ2) is 5.31. The quantitative estimate of drug-likeness (QED) is 0.558. The molecule has 15 heavy (non-hydrogen) atoms. The van der Waals surface area contributed by atoms with Gasteiger partial charge >= 0.3 is 5.97 Å². The number of hydrogen-bond donors (Lipinski definition) is 1. The van der Waals surface area contributed by atoms with Crippen molar-refractivity contribution in [3.05, 3.63) is 12.7 Å². The van der Waals surface area contributed by atoms with Gasteiger partial charge in [-0.3, -0.25) is 4.79 Å². The van der Waals surface area contributed by atoms with Crippen LogP contribution in [0.25, 0.3) is 0 Å². The predicted molar refractivity (Wildman–Crippen MR) is 60.6 cm³/mol. The Kier molecular flexibility index (Phi) is 4.33. The number of rotatable bonds is 5. The molecule has 1 saturated heterocycles. The van der Waals surface area contributed by atoms with E-state index in [-0.39, 0.29) is 17.6 Å². The van der Waals surface area contributed by atoms with Crippen LogP contribution in [-0.4, -0.2) is 24.2 Å². The van der Waals surface area contributed by atoms with Crippen LogP contribution in [0.15, 0.2) is 12.7 Å². The highest BCUT2D eigenvalue weighted by Crippen LogP contribution is 2.19. The second-order valence-corrected chi connectivity index (χ2v) is 4.66. The highest BCUT2D eigenvalue weighted by atomic mass is 16.6. The molecule has 0 aromatic carbocycles. The fourth-order valence-electron chi connectivity index (χ4n) is 1.73. The van der Waals surface area contributed by atoms with Gasteiger partial charge in [0, 0.05) is 0 Å². The number of ether oxygens (including phenoxy) is 1. The summed E-state index contributed by atoms with van der Waals surface area (Å²) in [6.45, 7) is 8.49. The van der Waals surface area contributed by atoms with E-state index in [1.165, 1.54) is 0 Å². The lowest BCUT2D eigenvalue weighted by Gasteiger charge is -2.26. The topological polar surface area (TPSA) is 38.3 Å². The third kappa shape index (κ3) is 4.04. The van der Waals surface area contributed by atoms with Crippen molar-refractivity contribution in [1.82, 2.24) is 5.32 Å². The minimum absolute atomic E-state index is 0.0898. The number of carbonyl (C=O) groups is 1. The Hall–Kier alpha value is -0.830. The van der Waals surface area contributed by atoms with Crippen molar-refractivity contribution in [2.75, 3.05) is 6.54 Å². The zero-order valence-electron chi connectivity index (χ0n) is 9.71. The van der Waals surface area contributed by atoms with Crippen molar-refractivity contribution in [3.8, 4) is 0 Å².